The molecule has 8 nitrogen and oxygen atoms in total. The number of quaternary nitrogens is 1. The monoisotopic (exact) mass is 1080 g/mol. The van der Waals surface area contributed by atoms with E-state index in [1.807, 2.05) is 21.1 Å². The molecule has 3 unspecified atom stereocenters. The van der Waals surface area contributed by atoms with Gasteiger partial charge in [0.2, 0.25) is 5.91 Å². The molecule has 0 heterocycles. The first kappa shape index (κ1) is 74.2. The maximum absolute atomic E-state index is 13.0. The molecule has 0 rings (SSSR count). The first-order valence-corrected chi connectivity index (χ1v) is 35.0. The van der Waals surface area contributed by atoms with Crippen LogP contribution in [0.2, 0.25) is 0 Å². The van der Waals surface area contributed by atoms with Crippen molar-refractivity contribution in [2.45, 2.75) is 366 Å². The number of allylic oxidation sites excluding steroid dienone is 2. The summed E-state index contributed by atoms with van der Waals surface area (Å²) in [6, 6.07) is -0.758. The molecule has 0 aromatic heterocycles. The van der Waals surface area contributed by atoms with Crippen LogP contribution in [0.1, 0.15) is 354 Å². The van der Waals surface area contributed by atoms with E-state index in [9.17, 15) is 19.4 Å². The average molecular weight is 1080 g/mol. The molecule has 0 aliphatic rings. The Balaban J connectivity index is 3.94. The Kier molecular flexibility index (Phi) is 57.3. The molecular formula is C66H134N2O6P+. The molecule has 0 fully saturated rings. The van der Waals surface area contributed by atoms with Gasteiger partial charge in [-0.2, -0.15) is 0 Å². The zero-order valence-corrected chi connectivity index (χ0v) is 52.2. The summed E-state index contributed by atoms with van der Waals surface area (Å²) >= 11 is 0. The number of likely N-dealkylation sites (N-methyl/N-ethyl adjacent to an activating group) is 1. The Morgan fingerprint density at radius 2 is 0.720 bits per heavy atom. The van der Waals surface area contributed by atoms with Crippen molar-refractivity contribution >= 4 is 13.7 Å². The van der Waals surface area contributed by atoms with Crippen molar-refractivity contribution in [1.82, 2.24) is 5.32 Å². The third kappa shape index (κ3) is 60.7. The van der Waals surface area contributed by atoms with Crippen molar-refractivity contribution < 1.29 is 32.9 Å². The van der Waals surface area contributed by atoms with Crippen molar-refractivity contribution in [1.29, 1.82) is 0 Å². The number of nitrogens with one attached hydrogen (secondary N) is 1. The van der Waals surface area contributed by atoms with Crippen LogP contribution in [-0.2, 0) is 18.4 Å². The quantitative estimate of drug-likeness (QED) is 0.0243. The van der Waals surface area contributed by atoms with Gasteiger partial charge >= 0.3 is 7.82 Å². The summed E-state index contributed by atoms with van der Waals surface area (Å²) < 4.78 is 23.8. The van der Waals surface area contributed by atoms with E-state index >= 15 is 0 Å². The molecule has 0 saturated heterocycles. The highest BCUT2D eigenvalue weighted by atomic mass is 31.2. The number of aliphatic hydroxyl groups is 1. The molecule has 0 aromatic rings. The number of hydrogen-bond donors (Lipinski definition) is 3. The SMILES string of the molecule is CCCCCCCCCCCCCCCC/C=C\CCCCCCCCCCCCCCCCCCCC(=O)NC(COP(=O)(O)OCC[N+](C)(C)C)C(O)CCCCCCCCCCCCCCCCCCCC. The summed E-state index contributed by atoms with van der Waals surface area (Å²) in [5, 5.41) is 14.1. The molecule has 0 radical (unpaired) electrons. The van der Waals surface area contributed by atoms with Gasteiger partial charge < -0.3 is 19.8 Å². The molecule has 0 aliphatic heterocycles. The number of unbranched alkanes of at least 4 members (excludes halogenated alkanes) is 48. The van der Waals surface area contributed by atoms with Crippen molar-refractivity contribution in [3.8, 4) is 0 Å². The van der Waals surface area contributed by atoms with Gasteiger partial charge in [-0.15, -0.1) is 0 Å². The van der Waals surface area contributed by atoms with Gasteiger partial charge in [-0.05, 0) is 38.5 Å². The van der Waals surface area contributed by atoms with Gasteiger partial charge in [0, 0.05) is 6.42 Å². The molecular weight excluding hydrogens is 948 g/mol. The summed E-state index contributed by atoms with van der Waals surface area (Å²) in [6.45, 7) is 4.95. The second-order valence-corrected chi connectivity index (χ2v) is 26.0. The van der Waals surface area contributed by atoms with Gasteiger partial charge in [0.05, 0.1) is 39.9 Å². The number of hydrogen-bond acceptors (Lipinski definition) is 5. The second kappa shape index (κ2) is 57.9. The Morgan fingerprint density at radius 3 is 1.03 bits per heavy atom. The third-order valence-corrected chi connectivity index (χ3v) is 16.7. The topological polar surface area (TPSA) is 105 Å². The summed E-state index contributed by atoms with van der Waals surface area (Å²) in [4.78, 5) is 23.4. The first-order valence-electron chi connectivity index (χ1n) is 33.6. The van der Waals surface area contributed by atoms with Crippen LogP contribution in [0.15, 0.2) is 12.2 Å². The standard InChI is InChI=1S/C66H133N2O6P/c1-6-8-10-12-14-16-18-20-22-24-26-27-28-29-30-31-32-33-34-35-36-37-38-39-40-41-42-44-46-48-50-52-54-56-58-60-66(70)67-64(63-74-75(71,72)73-62-61-68(3,4)5)65(69)59-57-55-53-51-49-47-45-43-25-23-21-19-17-15-13-11-9-7-2/h31-32,64-65,69H,6-30,33-63H2,1-5H3,(H-,67,70,71,72)/p+1/b32-31-. The Labute approximate surface area is 469 Å². The van der Waals surface area contributed by atoms with E-state index in [2.05, 4.69) is 31.3 Å². The highest BCUT2D eigenvalue weighted by Crippen LogP contribution is 2.43. The van der Waals surface area contributed by atoms with Crippen LogP contribution in [0.3, 0.4) is 0 Å². The Morgan fingerprint density at radius 1 is 0.440 bits per heavy atom. The number of carbonyl (C=O) groups excluding carboxylic acids is 1. The number of phosphoric acid groups is 1. The minimum Gasteiger partial charge on any atom is -0.391 e. The summed E-state index contributed by atoms with van der Waals surface area (Å²) in [5.41, 5.74) is 0. The summed E-state index contributed by atoms with van der Waals surface area (Å²) in [6.07, 6.45) is 73.1. The van der Waals surface area contributed by atoms with Crippen molar-refractivity contribution in [3.63, 3.8) is 0 Å². The Bertz CT molecular complexity index is 1230. The molecule has 3 N–H and O–H groups in total. The summed E-state index contributed by atoms with van der Waals surface area (Å²) in [5.74, 6) is -0.136. The van der Waals surface area contributed by atoms with E-state index in [4.69, 9.17) is 9.05 Å². The van der Waals surface area contributed by atoms with Gasteiger partial charge in [-0.25, -0.2) is 4.57 Å². The van der Waals surface area contributed by atoms with E-state index in [0.717, 1.165) is 38.5 Å². The second-order valence-electron chi connectivity index (χ2n) is 24.6. The van der Waals surface area contributed by atoms with Gasteiger partial charge in [0.15, 0.2) is 0 Å². The Hall–Kier alpha value is -0.760. The van der Waals surface area contributed by atoms with Crippen molar-refractivity contribution in [3.05, 3.63) is 12.2 Å². The predicted octanol–water partition coefficient (Wildman–Crippen LogP) is 20.9. The van der Waals surface area contributed by atoms with Crippen molar-refractivity contribution in [2.75, 3.05) is 40.9 Å². The van der Waals surface area contributed by atoms with Crippen LogP contribution in [0.5, 0.6) is 0 Å². The number of nitrogens with zero attached hydrogens (tertiary/aromatic N) is 1. The lowest BCUT2D eigenvalue weighted by Gasteiger charge is -2.26. The molecule has 0 aliphatic carbocycles. The first-order chi connectivity index (χ1) is 36.5. The lowest BCUT2D eigenvalue weighted by atomic mass is 10.0. The van der Waals surface area contributed by atoms with Crippen LogP contribution in [0, 0.1) is 0 Å². The number of amides is 1. The van der Waals surface area contributed by atoms with Crippen molar-refractivity contribution in [2.24, 2.45) is 0 Å². The summed E-state index contributed by atoms with van der Waals surface area (Å²) in [7, 11) is 1.64. The predicted molar refractivity (Wildman–Crippen MR) is 328 cm³/mol. The van der Waals surface area contributed by atoms with E-state index < -0.39 is 20.0 Å². The molecule has 9 heteroatoms. The van der Waals surface area contributed by atoms with E-state index in [0.29, 0.717) is 23.9 Å². The van der Waals surface area contributed by atoms with Crippen LogP contribution in [-0.4, -0.2) is 73.4 Å². The van der Waals surface area contributed by atoms with E-state index in [1.54, 1.807) is 0 Å². The fourth-order valence-electron chi connectivity index (χ4n) is 10.5. The highest BCUT2D eigenvalue weighted by Gasteiger charge is 2.28. The minimum atomic E-state index is -4.32. The lowest BCUT2D eigenvalue weighted by molar-refractivity contribution is -0.870. The molecule has 75 heavy (non-hydrogen) atoms. The molecule has 0 aromatic carbocycles. The van der Waals surface area contributed by atoms with Gasteiger partial charge in [-0.3, -0.25) is 13.8 Å². The highest BCUT2D eigenvalue weighted by molar-refractivity contribution is 7.47. The molecule has 0 spiro atoms. The van der Waals surface area contributed by atoms with E-state index in [-0.39, 0.29) is 19.1 Å². The van der Waals surface area contributed by atoms with Gasteiger partial charge in [0.25, 0.3) is 0 Å². The normalized spacial score (nSPS) is 13.7. The number of rotatable bonds is 63. The maximum atomic E-state index is 13.0. The smallest absolute Gasteiger partial charge is 0.391 e. The molecule has 3 atom stereocenters. The van der Waals surface area contributed by atoms with Gasteiger partial charge in [-0.1, -0.05) is 321 Å². The molecule has 448 valence electrons. The molecule has 0 bridgehead atoms. The minimum absolute atomic E-state index is 0.0781. The number of phosphoric ester groups is 1. The van der Waals surface area contributed by atoms with E-state index in [1.165, 1.54) is 289 Å². The maximum Gasteiger partial charge on any atom is 0.472 e. The lowest BCUT2D eigenvalue weighted by Crippen LogP contribution is -2.46. The average Bonchev–Trinajstić information content (AvgIpc) is 3.37. The molecule has 0 saturated carbocycles. The molecule has 1 amide bonds. The largest absolute Gasteiger partial charge is 0.472 e. The van der Waals surface area contributed by atoms with Crippen LogP contribution >= 0.6 is 7.82 Å². The van der Waals surface area contributed by atoms with Gasteiger partial charge in [0.1, 0.15) is 13.2 Å². The fourth-order valence-corrected chi connectivity index (χ4v) is 11.3. The van der Waals surface area contributed by atoms with Crippen LogP contribution in [0.25, 0.3) is 0 Å². The van der Waals surface area contributed by atoms with Crippen LogP contribution in [0.4, 0.5) is 0 Å². The number of carbonyl (C=O) groups is 1. The van der Waals surface area contributed by atoms with Crippen LogP contribution < -0.4 is 5.32 Å². The zero-order chi connectivity index (χ0) is 54.9. The number of aliphatic hydroxyl groups excluding tert-OH is 1. The fraction of sp³-hybridized carbons (Fsp3) is 0.955. The third-order valence-electron chi connectivity index (χ3n) is 15.8. The zero-order valence-electron chi connectivity index (χ0n) is 51.3.